The van der Waals surface area contributed by atoms with Gasteiger partial charge in [0.1, 0.15) is 5.82 Å². The summed E-state index contributed by atoms with van der Waals surface area (Å²) in [5, 5.41) is 3.54. The molecule has 0 spiro atoms. The van der Waals surface area contributed by atoms with Gasteiger partial charge in [-0.25, -0.2) is 9.37 Å². The number of nitrogens with zero attached hydrogens (tertiary/aromatic N) is 2. The number of benzene rings is 1. The molecule has 6 heteroatoms. The van der Waals surface area contributed by atoms with Crippen LogP contribution in [0, 0.1) is 11.7 Å². The summed E-state index contributed by atoms with van der Waals surface area (Å²) in [5.74, 6) is -0.158. The first-order chi connectivity index (χ1) is 11.1. The van der Waals surface area contributed by atoms with Crippen molar-refractivity contribution in [2.24, 2.45) is 5.92 Å². The molecule has 1 aromatic carbocycles. The third-order valence-corrected chi connectivity index (χ3v) is 4.96. The quantitative estimate of drug-likeness (QED) is 0.935. The minimum absolute atomic E-state index is 0.0318. The van der Waals surface area contributed by atoms with Gasteiger partial charge in [-0.05, 0) is 44.1 Å². The van der Waals surface area contributed by atoms with Crippen LogP contribution in [0.3, 0.4) is 0 Å². The van der Waals surface area contributed by atoms with Crippen molar-refractivity contribution < 1.29 is 9.18 Å². The van der Waals surface area contributed by atoms with Crippen LogP contribution in [0.4, 0.5) is 9.52 Å². The molecule has 122 valence electrons. The summed E-state index contributed by atoms with van der Waals surface area (Å²) >= 11 is 1.45. The van der Waals surface area contributed by atoms with Crippen molar-refractivity contribution in [2.75, 3.05) is 25.5 Å². The molecule has 0 bridgehead atoms. The molecule has 3 rings (SSSR count). The van der Waals surface area contributed by atoms with Crippen molar-refractivity contribution in [3.8, 4) is 0 Å². The highest BCUT2D eigenvalue weighted by atomic mass is 32.1. The molecular weight excluding hydrogens is 313 g/mol. The molecule has 1 atom stereocenters. The number of hydrogen-bond acceptors (Lipinski definition) is 4. The van der Waals surface area contributed by atoms with Crippen LogP contribution in [-0.2, 0) is 11.2 Å². The van der Waals surface area contributed by atoms with Crippen LogP contribution in [-0.4, -0.2) is 35.9 Å². The molecule has 1 aliphatic heterocycles. The summed E-state index contributed by atoms with van der Waals surface area (Å²) in [4.78, 5) is 19.8. The molecule has 1 N–H and O–H groups in total. The van der Waals surface area contributed by atoms with Gasteiger partial charge in [-0.2, -0.15) is 0 Å². The topological polar surface area (TPSA) is 45.2 Å². The van der Waals surface area contributed by atoms with Gasteiger partial charge in [-0.15, -0.1) is 11.3 Å². The number of nitrogens with one attached hydrogen (secondary N) is 1. The number of piperidine rings is 1. The SMILES string of the molecule is CN1CCCC(C(=O)Nc2ncc(Cc3cccc(F)c3)s2)C1. The average Bonchev–Trinajstić information content (AvgIpc) is 2.94. The van der Waals surface area contributed by atoms with Crippen molar-refractivity contribution in [3.05, 3.63) is 46.7 Å². The Labute approximate surface area is 139 Å². The number of hydrogen-bond donors (Lipinski definition) is 1. The van der Waals surface area contributed by atoms with Crippen LogP contribution >= 0.6 is 11.3 Å². The lowest BCUT2D eigenvalue weighted by Gasteiger charge is -2.28. The predicted molar refractivity (Wildman–Crippen MR) is 90.2 cm³/mol. The van der Waals surface area contributed by atoms with Crippen LogP contribution in [0.5, 0.6) is 0 Å². The van der Waals surface area contributed by atoms with E-state index in [2.05, 4.69) is 15.2 Å². The van der Waals surface area contributed by atoms with E-state index in [1.54, 1.807) is 12.3 Å². The highest BCUT2D eigenvalue weighted by molar-refractivity contribution is 7.15. The molecule has 1 amide bonds. The number of amides is 1. The van der Waals surface area contributed by atoms with Crippen LogP contribution in [0.1, 0.15) is 23.3 Å². The molecule has 4 nitrogen and oxygen atoms in total. The molecule has 2 aromatic rings. The lowest BCUT2D eigenvalue weighted by molar-refractivity contribution is -0.121. The number of thiazole rings is 1. The second-order valence-corrected chi connectivity index (χ2v) is 7.14. The number of likely N-dealkylation sites (tertiary alicyclic amines) is 1. The van der Waals surface area contributed by atoms with E-state index >= 15 is 0 Å². The highest BCUT2D eigenvalue weighted by Gasteiger charge is 2.24. The monoisotopic (exact) mass is 333 g/mol. The number of anilines is 1. The molecule has 0 aliphatic carbocycles. The number of carbonyl (C=O) groups is 1. The smallest absolute Gasteiger partial charge is 0.230 e. The van der Waals surface area contributed by atoms with Crippen LogP contribution in [0.15, 0.2) is 30.5 Å². The summed E-state index contributed by atoms with van der Waals surface area (Å²) in [6.45, 7) is 1.85. The van der Waals surface area contributed by atoms with E-state index in [1.807, 2.05) is 13.1 Å². The first-order valence-corrected chi connectivity index (χ1v) is 8.60. The summed E-state index contributed by atoms with van der Waals surface area (Å²) in [5.41, 5.74) is 0.903. The fourth-order valence-corrected chi connectivity index (χ4v) is 3.73. The minimum atomic E-state index is -0.234. The summed E-state index contributed by atoms with van der Waals surface area (Å²) < 4.78 is 13.2. The summed E-state index contributed by atoms with van der Waals surface area (Å²) in [6.07, 6.45) is 4.35. The fourth-order valence-electron chi connectivity index (χ4n) is 2.88. The second-order valence-electron chi connectivity index (χ2n) is 6.03. The molecule has 0 saturated carbocycles. The number of rotatable bonds is 4. The Bertz CT molecular complexity index is 688. The highest BCUT2D eigenvalue weighted by Crippen LogP contribution is 2.23. The van der Waals surface area contributed by atoms with Crippen molar-refractivity contribution in [1.82, 2.24) is 9.88 Å². The van der Waals surface area contributed by atoms with E-state index in [0.717, 1.165) is 36.4 Å². The number of halogens is 1. The van der Waals surface area contributed by atoms with Gasteiger partial charge in [0.2, 0.25) is 5.91 Å². The van der Waals surface area contributed by atoms with Gasteiger partial charge in [-0.3, -0.25) is 4.79 Å². The van der Waals surface area contributed by atoms with Gasteiger partial charge in [0, 0.05) is 24.0 Å². The third kappa shape index (κ3) is 4.36. The zero-order valence-corrected chi connectivity index (χ0v) is 13.9. The zero-order chi connectivity index (χ0) is 16.2. The minimum Gasteiger partial charge on any atom is -0.306 e. The Balaban J connectivity index is 1.59. The molecule has 1 fully saturated rings. The first-order valence-electron chi connectivity index (χ1n) is 7.79. The Morgan fingerprint density at radius 2 is 2.39 bits per heavy atom. The Morgan fingerprint density at radius 3 is 3.17 bits per heavy atom. The Morgan fingerprint density at radius 1 is 1.52 bits per heavy atom. The van der Waals surface area contributed by atoms with Gasteiger partial charge in [0.15, 0.2) is 5.13 Å². The van der Waals surface area contributed by atoms with Gasteiger partial charge in [0.25, 0.3) is 0 Å². The molecule has 1 aromatic heterocycles. The third-order valence-electron chi connectivity index (χ3n) is 4.05. The maximum absolute atomic E-state index is 13.2. The fraction of sp³-hybridized carbons (Fsp3) is 0.412. The van der Waals surface area contributed by atoms with E-state index in [1.165, 1.54) is 23.5 Å². The van der Waals surface area contributed by atoms with Gasteiger partial charge < -0.3 is 10.2 Å². The molecule has 0 radical (unpaired) electrons. The van der Waals surface area contributed by atoms with E-state index in [0.29, 0.717) is 11.6 Å². The van der Waals surface area contributed by atoms with Crippen LogP contribution in [0.25, 0.3) is 0 Å². The number of aromatic nitrogens is 1. The van der Waals surface area contributed by atoms with Crippen LogP contribution in [0.2, 0.25) is 0 Å². The first kappa shape index (κ1) is 16.1. The molecule has 1 unspecified atom stereocenters. The van der Waals surface area contributed by atoms with E-state index in [4.69, 9.17) is 0 Å². The van der Waals surface area contributed by atoms with Crippen LogP contribution < -0.4 is 5.32 Å². The summed E-state index contributed by atoms with van der Waals surface area (Å²) in [6, 6.07) is 6.55. The van der Waals surface area contributed by atoms with Crippen molar-refractivity contribution in [1.29, 1.82) is 0 Å². The molecule has 2 heterocycles. The Kier molecular flexibility index (Phi) is 5.03. The van der Waals surface area contributed by atoms with Crippen molar-refractivity contribution in [2.45, 2.75) is 19.3 Å². The average molecular weight is 333 g/mol. The molecule has 23 heavy (non-hydrogen) atoms. The number of carbonyl (C=O) groups excluding carboxylic acids is 1. The van der Waals surface area contributed by atoms with Crippen molar-refractivity contribution >= 4 is 22.4 Å². The Hall–Kier alpha value is -1.79. The van der Waals surface area contributed by atoms with Gasteiger partial charge in [-0.1, -0.05) is 12.1 Å². The lowest BCUT2D eigenvalue weighted by atomic mass is 9.98. The maximum Gasteiger partial charge on any atom is 0.230 e. The van der Waals surface area contributed by atoms with Crippen molar-refractivity contribution in [3.63, 3.8) is 0 Å². The molecule has 1 saturated heterocycles. The normalized spacial score (nSPS) is 18.8. The second kappa shape index (κ2) is 7.19. The standard InChI is InChI=1S/C17H20FN3OS/c1-21-7-3-5-13(11-21)16(22)20-17-19-10-15(23-17)9-12-4-2-6-14(18)8-12/h2,4,6,8,10,13H,3,5,7,9,11H2,1H3,(H,19,20,22). The van der Waals surface area contributed by atoms with Gasteiger partial charge in [0.05, 0.1) is 5.92 Å². The molecular formula is C17H20FN3OS. The maximum atomic E-state index is 13.2. The van der Waals surface area contributed by atoms with E-state index in [-0.39, 0.29) is 17.6 Å². The zero-order valence-electron chi connectivity index (χ0n) is 13.1. The van der Waals surface area contributed by atoms with E-state index < -0.39 is 0 Å². The summed E-state index contributed by atoms with van der Waals surface area (Å²) in [7, 11) is 2.04. The van der Waals surface area contributed by atoms with Gasteiger partial charge >= 0.3 is 0 Å². The lowest BCUT2D eigenvalue weighted by Crippen LogP contribution is -2.38. The molecule has 1 aliphatic rings. The van der Waals surface area contributed by atoms with E-state index in [9.17, 15) is 9.18 Å². The predicted octanol–water partition coefficient (Wildman–Crippen LogP) is 3.15. The largest absolute Gasteiger partial charge is 0.306 e.